The molecule has 2 heterocycles. The number of ether oxygens (including phenoxy) is 2. The van der Waals surface area contributed by atoms with Crippen molar-refractivity contribution in [1.29, 1.82) is 0 Å². The molecule has 0 fully saturated rings. The minimum absolute atomic E-state index is 0.121. The average molecular weight is 388 g/mol. The van der Waals surface area contributed by atoms with E-state index in [1.54, 1.807) is 24.3 Å². The van der Waals surface area contributed by atoms with Gasteiger partial charge in [0, 0.05) is 29.1 Å². The summed E-state index contributed by atoms with van der Waals surface area (Å²) in [6, 6.07) is 9.54. The molecule has 0 aliphatic rings. The molecule has 0 bridgehead atoms. The number of aromatic hydroxyl groups is 1. The Kier molecular flexibility index (Phi) is 6.17. The Morgan fingerprint density at radius 3 is 1.75 bits per heavy atom. The first kappa shape index (κ1) is 19.7. The van der Waals surface area contributed by atoms with Crippen molar-refractivity contribution in [1.82, 2.24) is 19.6 Å². The van der Waals surface area contributed by atoms with E-state index in [9.17, 15) is 14.7 Å². The lowest BCUT2D eigenvalue weighted by Gasteiger charge is -2.19. The van der Waals surface area contributed by atoms with Crippen molar-refractivity contribution < 1.29 is 14.6 Å². The van der Waals surface area contributed by atoms with Crippen molar-refractivity contribution in [2.45, 2.75) is 33.2 Å². The van der Waals surface area contributed by atoms with Gasteiger partial charge in [0.1, 0.15) is 5.75 Å². The molecule has 0 aliphatic heterocycles. The van der Waals surface area contributed by atoms with Crippen LogP contribution in [0.3, 0.4) is 0 Å². The maximum Gasteiger partial charge on any atom is 0.266 e. The quantitative estimate of drug-likeness (QED) is 0.480. The van der Waals surface area contributed by atoms with Crippen LogP contribution in [0.15, 0.2) is 46.0 Å². The fraction of sp³-hybridized carbons (Fsp3) is 0.368. The van der Waals surface area contributed by atoms with Crippen molar-refractivity contribution >= 4 is 0 Å². The maximum absolute atomic E-state index is 11.8. The van der Waals surface area contributed by atoms with Crippen LogP contribution < -0.4 is 11.1 Å². The standard InChI is InChI=1S/C19H24N4O5/c1-13-11-17(25)22(20-13)7-9-27-19(15-3-5-16(24)6-4-15)28-10-8-23-18(26)12-14(2)21-23/h3-6,11-12,19-21,24H,7-10H2,1-2H3. The Hall–Kier alpha value is -3.04. The van der Waals surface area contributed by atoms with Crippen LogP contribution in [0.5, 0.6) is 5.75 Å². The van der Waals surface area contributed by atoms with Crippen LogP contribution >= 0.6 is 0 Å². The number of nitrogens with one attached hydrogen (secondary N) is 2. The zero-order valence-corrected chi connectivity index (χ0v) is 15.8. The second-order valence-electron chi connectivity index (χ2n) is 6.52. The largest absolute Gasteiger partial charge is 0.508 e. The first-order chi connectivity index (χ1) is 13.4. The van der Waals surface area contributed by atoms with Crippen molar-refractivity contribution in [2.24, 2.45) is 0 Å². The lowest BCUT2D eigenvalue weighted by molar-refractivity contribution is -0.150. The van der Waals surface area contributed by atoms with Crippen LogP contribution in [0, 0.1) is 13.8 Å². The van der Waals surface area contributed by atoms with Gasteiger partial charge in [0.25, 0.3) is 11.1 Å². The summed E-state index contributed by atoms with van der Waals surface area (Å²) in [7, 11) is 0. The third-order valence-electron chi connectivity index (χ3n) is 4.17. The molecule has 0 radical (unpaired) electrons. The van der Waals surface area contributed by atoms with E-state index < -0.39 is 6.29 Å². The summed E-state index contributed by atoms with van der Waals surface area (Å²) in [5, 5.41) is 15.4. The number of benzene rings is 1. The van der Waals surface area contributed by atoms with Gasteiger partial charge in [-0.1, -0.05) is 12.1 Å². The number of aromatic amines is 2. The fourth-order valence-electron chi connectivity index (χ4n) is 2.83. The van der Waals surface area contributed by atoms with Crippen molar-refractivity contribution in [3.8, 4) is 5.75 Å². The molecule has 0 aliphatic carbocycles. The minimum Gasteiger partial charge on any atom is -0.508 e. The summed E-state index contributed by atoms with van der Waals surface area (Å²) in [5.74, 6) is 0.143. The van der Waals surface area contributed by atoms with Crippen LogP contribution in [-0.2, 0) is 22.6 Å². The molecular weight excluding hydrogens is 364 g/mol. The van der Waals surface area contributed by atoms with E-state index in [0.717, 1.165) is 17.0 Å². The lowest BCUT2D eigenvalue weighted by atomic mass is 10.2. The zero-order valence-electron chi connectivity index (χ0n) is 15.8. The van der Waals surface area contributed by atoms with Crippen LogP contribution in [0.1, 0.15) is 23.2 Å². The molecule has 3 aromatic rings. The van der Waals surface area contributed by atoms with Crippen molar-refractivity contribution in [3.05, 3.63) is 74.1 Å². The van der Waals surface area contributed by atoms with Gasteiger partial charge in [-0.25, -0.2) is 0 Å². The van der Waals surface area contributed by atoms with Gasteiger partial charge in [-0.15, -0.1) is 0 Å². The topological polar surface area (TPSA) is 114 Å². The van der Waals surface area contributed by atoms with Crippen LogP contribution in [0.4, 0.5) is 0 Å². The van der Waals surface area contributed by atoms with Gasteiger partial charge in [0.15, 0.2) is 6.29 Å². The summed E-state index contributed by atoms with van der Waals surface area (Å²) in [6.45, 7) is 4.80. The van der Waals surface area contributed by atoms with Crippen LogP contribution in [0.2, 0.25) is 0 Å². The molecule has 0 saturated heterocycles. The molecule has 0 saturated carbocycles. The molecule has 9 nitrogen and oxygen atoms in total. The number of hydrogen-bond donors (Lipinski definition) is 3. The molecule has 0 spiro atoms. The van der Waals surface area contributed by atoms with Gasteiger partial charge in [-0.2, -0.15) is 0 Å². The summed E-state index contributed by atoms with van der Waals surface area (Å²) in [4.78, 5) is 23.5. The lowest BCUT2D eigenvalue weighted by Crippen LogP contribution is -2.23. The van der Waals surface area contributed by atoms with Crippen molar-refractivity contribution in [3.63, 3.8) is 0 Å². The Balaban J connectivity index is 1.62. The second-order valence-corrected chi connectivity index (χ2v) is 6.52. The number of phenolic OH excluding ortho intramolecular Hbond substituents is 1. The molecule has 28 heavy (non-hydrogen) atoms. The number of nitrogens with zero attached hydrogens (tertiary/aromatic N) is 2. The SMILES string of the molecule is Cc1cc(=O)n(CCOC(OCCn2[nH]c(C)cc2=O)c2ccc(O)cc2)[nH]1. The Morgan fingerprint density at radius 1 is 0.893 bits per heavy atom. The molecular formula is C19H24N4O5. The number of phenols is 1. The highest BCUT2D eigenvalue weighted by molar-refractivity contribution is 5.26. The molecule has 0 atom stereocenters. The summed E-state index contributed by atoms with van der Waals surface area (Å²) in [5.41, 5.74) is 2.04. The minimum atomic E-state index is -0.695. The van der Waals surface area contributed by atoms with Gasteiger partial charge < -0.3 is 14.6 Å². The second kappa shape index (κ2) is 8.77. The average Bonchev–Trinajstić information content (AvgIpc) is 3.14. The molecule has 3 rings (SSSR count). The first-order valence-electron chi connectivity index (χ1n) is 8.97. The third-order valence-corrected chi connectivity index (χ3v) is 4.17. The number of H-pyrrole nitrogens is 2. The molecule has 2 aromatic heterocycles. The van der Waals surface area contributed by atoms with E-state index in [-0.39, 0.29) is 30.1 Å². The number of aryl methyl sites for hydroxylation is 2. The maximum atomic E-state index is 11.8. The van der Waals surface area contributed by atoms with E-state index in [0.29, 0.717) is 13.1 Å². The monoisotopic (exact) mass is 388 g/mol. The molecule has 9 heteroatoms. The summed E-state index contributed by atoms with van der Waals surface area (Å²) in [6.07, 6.45) is -0.695. The van der Waals surface area contributed by atoms with Gasteiger partial charge in [0.05, 0.1) is 26.3 Å². The van der Waals surface area contributed by atoms with E-state index in [2.05, 4.69) is 10.2 Å². The van der Waals surface area contributed by atoms with E-state index in [1.165, 1.54) is 21.5 Å². The molecule has 150 valence electrons. The highest BCUT2D eigenvalue weighted by Crippen LogP contribution is 2.21. The Labute approximate surface area is 161 Å². The van der Waals surface area contributed by atoms with E-state index in [1.807, 2.05) is 13.8 Å². The van der Waals surface area contributed by atoms with E-state index in [4.69, 9.17) is 9.47 Å². The third kappa shape index (κ3) is 5.02. The molecule has 0 unspecified atom stereocenters. The van der Waals surface area contributed by atoms with Gasteiger partial charge in [-0.3, -0.25) is 29.2 Å². The van der Waals surface area contributed by atoms with E-state index >= 15 is 0 Å². The number of aromatic nitrogens is 4. The van der Waals surface area contributed by atoms with Crippen LogP contribution in [0.25, 0.3) is 0 Å². The summed E-state index contributed by atoms with van der Waals surface area (Å²) < 4.78 is 14.6. The Bertz CT molecular complexity index is 952. The normalized spacial score (nSPS) is 11.4. The predicted molar refractivity (Wildman–Crippen MR) is 102 cm³/mol. The van der Waals surface area contributed by atoms with Gasteiger partial charge in [0.2, 0.25) is 0 Å². The predicted octanol–water partition coefficient (Wildman–Crippen LogP) is 1.42. The molecule has 0 amide bonds. The smallest absolute Gasteiger partial charge is 0.266 e. The summed E-state index contributed by atoms with van der Waals surface area (Å²) >= 11 is 0. The number of hydrogen-bond acceptors (Lipinski definition) is 5. The Morgan fingerprint density at radius 2 is 1.36 bits per heavy atom. The molecule has 3 N–H and O–H groups in total. The van der Waals surface area contributed by atoms with Gasteiger partial charge >= 0.3 is 0 Å². The van der Waals surface area contributed by atoms with Gasteiger partial charge in [-0.05, 0) is 26.0 Å². The zero-order chi connectivity index (χ0) is 20.1. The number of rotatable bonds is 9. The molecule has 1 aromatic carbocycles. The fourth-order valence-corrected chi connectivity index (χ4v) is 2.83. The highest BCUT2D eigenvalue weighted by Gasteiger charge is 2.14. The first-order valence-corrected chi connectivity index (χ1v) is 8.97. The van der Waals surface area contributed by atoms with Crippen LogP contribution in [-0.4, -0.2) is 37.9 Å². The highest BCUT2D eigenvalue weighted by atomic mass is 16.7. The van der Waals surface area contributed by atoms with Crippen molar-refractivity contribution in [2.75, 3.05) is 13.2 Å².